The number of thioether (sulfide) groups is 1. The molecule has 1 aliphatic heterocycles. The molecule has 0 bridgehead atoms. The van der Waals surface area contributed by atoms with Crippen LogP contribution in [0.1, 0.15) is 25.7 Å². The van der Waals surface area contributed by atoms with Gasteiger partial charge in [-0.05, 0) is 50.1 Å². The molecule has 0 spiro atoms. The van der Waals surface area contributed by atoms with Gasteiger partial charge in [-0.2, -0.15) is 0 Å². The molecule has 1 aromatic carbocycles. The number of rotatable bonds is 9. The number of nitrogens with two attached hydrogens (primary N) is 1. The van der Waals surface area contributed by atoms with Crippen LogP contribution in [0.25, 0.3) is 0 Å². The normalized spacial score (nSPS) is 15.5. The van der Waals surface area contributed by atoms with Crippen molar-refractivity contribution in [3.63, 3.8) is 0 Å². The van der Waals surface area contributed by atoms with Gasteiger partial charge in [0.1, 0.15) is 5.75 Å². The lowest BCUT2D eigenvalue weighted by atomic mass is 10.1. The molecule has 0 radical (unpaired) electrons. The van der Waals surface area contributed by atoms with Crippen LogP contribution in [-0.2, 0) is 9.53 Å². The lowest BCUT2D eigenvalue weighted by Crippen LogP contribution is -2.41. The topological polar surface area (TPSA) is 64.8 Å². The molecule has 1 aromatic rings. The molecule has 0 aromatic heterocycles. The number of ether oxygens (including phenoxy) is 2. The van der Waals surface area contributed by atoms with Gasteiger partial charge < -0.3 is 20.1 Å². The summed E-state index contributed by atoms with van der Waals surface area (Å²) in [6.45, 7) is 3.01. The van der Waals surface area contributed by atoms with E-state index in [0.29, 0.717) is 13.0 Å². The van der Waals surface area contributed by atoms with Crippen LogP contribution in [0.4, 0.5) is 0 Å². The molecule has 1 amide bonds. The van der Waals surface area contributed by atoms with Crippen molar-refractivity contribution in [3.05, 3.63) is 24.3 Å². The number of carbonyl (C=O) groups excluding carboxylic acids is 1. The van der Waals surface area contributed by atoms with Crippen LogP contribution in [0.5, 0.6) is 5.75 Å². The Balaban J connectivity index is 1.62. The Morgan fingerprint density at radius 2 is 2.00 bits per heavy atom. The lowest BCUT2D eigenvalue weighted by Gasteiger charge is -2.32. The summed E-state index contributed by atoms with van der Waals surface area (Å²) in [5.74, 6) is 1.90. The summed E-state index contributed by atoms with van der Waals surface area (Å²) in [6, 6.07) is 7.94. The number of piperidine rings is 1. The summed E-state index contributed by atoms with van der Waals surface area (Å²) < 4.78 is 10.9. The van der Waals surface area contributed by atoms with E-state index in [2.05, 4.69) is 0 Å². The van der Waals surface area contributed by atoms with Crippen molar-refractivity contribution in [2.24, 2.45) is 5.73 Å². The van der Waals surface area contributed by atoms with Crippen LogP contribution in [0.3, 0.4) is 0 Å². The zero-order valence-corrected chi connectivity index (χ0v) is 15.2. The van der Waals surface area contributed by atoms with Crippen molar-refractivity contribution in [1.29, 1.82) is 0 Å². The number of nitrogens with zero attached hydrogens (tertiary/aromatic N) is 1. The third kappa shape index (κ3) is 6.34. The van der Waals surface area contributed by atoms with E-state index in [1.165, 1.54) is 0 Å². The van der Waals surface area contributed by atoms with Gasteiger partial charge in [0.2, 0.25) is 5.91 Å². The van der Waals surface area contributed by atoms with Gasteiger partial charge in [0.15, 0.2) is 0 Å². The van der Waals surface area contributed by atoms with Crippen molar-refractivity contribution in [1.82, 2.24) is 4.90 Å². The molecule has 5 nitrogen and oxygen atoms in total. The maximum absolute atomic E-state index is 12.3. The van der Waals surface area contributed by atoms with Gasteiger partial charge in [0.05, 0.1) is 13.2 Å². The molecule has 1 fully saturated rings. The molecule has 0 unspecified atom stereocenters. The summed E-state index contributed by atoms with van der Waals surface area (Å²) in [5.41, 5.74) is 5.47. The molecule has 0 saturated carbocycles. The number of methoxy groups -OCH3 is 1. The lowest BCUT2D eigenvalue weighted by molar-refractivity contribution is -0.133. The average molecular weight is 353 g/mol. The second-order valence-corrected chi connectivity index (χ2v) is 7.04. The predicted molar refractivity (Wildman–Crippen MR) is 97.6 cm³/mol. The smallest absolute Gasteiger partial charge is 0.223 e. The minimum Gasteiger partial charge on any atom is -0.497 e. The van der Waals surface area contributed by atoms with Crippen molar-refractivity contribution >= 4 is 17.7 Å². The van der Waals surface area contributed by atoms with Gasteiger partial charge in [-0.3, -0.25) is 4.79 Å². The highest BCUT2D eigenvalue weighted by molar-refractivity contribution is 7.99. The minimum absolute atomic E-state index is 0.247. The first kappa shape index (κ1) is 19.1. The monoisotopic (exact) mass is 352 g/mol. The Labute approximate surface area is 148 Å². The first-order chi connectivity index (χ1) is 11.7. The van der Waals surface area contributed by atoms with Crippen molar-refractivity contribution in [2.75, 3.05) is 39.1 Å². The van der Waals surface area contributed by atoms with Crippen LogP contribution in [0, 0.1) is 0 Å². The highest BCUT2D eigenvalue weighted by Crippen LogP contribution is 2.22. The molecular weight excluding hydrogens is 324 g/mol. The van der Waals surface area contributed by atoms with E-state index in [1.54, 1.807) is 18.9 Å². The Morgan fingerprint density at radius 3 is 2.62 bits per heavy atom. The van der Waals surface area contributed by atoms with Crippen LogP contribution in [0.2, 0.25) is 0 Å². The third-order valence-electron chi connectivity index (χ3n) is 4.14. The average Bonchev–Trinajstić information content (AvgIpc) is 2.63. The molecule has 24 heavy (non-hydrogen) atoms. The molecule has 6 heteroatoms. The summed E-state index contributed by atoms with van der Waals surface area (Å²) in [7, 11) is 1.66. The van der Waals surface area contributed by atoms with Gasteiger partial charge in [0.25, 0.3) is 0 Å². The number of benzene rings is 1. The quantitative estimate of drug-likeness (QED) is 0.546. The van der Waals surface area contributed by atoms with Crippen molar-refractivity contribution in [2.45, 2.75) is 36.7 Å². The summed E-state index contributed by atoms with van der Waals surface area (Å²) in [4.78, 5) is 15.4. The van der Waals surface area contributed by atoms with E-state index in [4.69, 9.17) is 15.2 Å². The Morgan fingerprint density at radius 1 is 1.29 bits per heavy atom. The van der Waals surface area contributed by atoms with Crippen LogP contribution >= 0.6 is 11.8 Å². The number of amides is 1. The zero-order chi connectivity index (χ0) is 17.2. The Bertz CT molecular complexity index is 488. The van der Waals surface area contributed by atoms with E-state index in [9.17, 15) is 4.79 Å². The number of hydrogen-bond donors (Lipinski definition) is 1. The second-order valence-electron chi connectivity index (χ2n) is 5.87. The summed E-state index contributed by atoms with van der Waals surface area (Å²) in [6.07, 6.45) is 3.63. The Kier molecular flexibility index (Phi) is 8.42. The van der Waals surface area contributed by atoms with Gasteiger partial charge in [0, 0.05) is 36.8 Å². The first-order valence-corrected chi connectivity index (χ1v) is 9.57. The molecule has 1 saturated heterocycles. The highest BCUT2D eigenvalue weighted by atomic mass is 32.2. The SMILES string of the molecule is COc1ccc(SCCC(=O)N2CCC(OCCCN)CC2)cc1. The van der Waals surface area contributed by atoms with Gasteiger partial charge >= 0.3 is 0 Å². The fraction of sp³-hybridized carbons (Fsp3) is 0.611. The van der Waals surface area contributed by atoms with E-state index < -0.39 is 0 Å². The largest absolute Gasteiger partial charge is 0.497 e. The van der Waals surface area contributed by atoms with Gasteiger partial charge in [-0.15, -0.1) is 11.8 Å². The van der Waals surface area contributed by atoms with Crippen LogP contribution in [-0.4, -0.2) is 56.0 Å². The van der Waals surface area contributed by atoms with E-state index in [0.717, 1.165) is 55.4 Å². The number of carbonyl (C=O) groups is 1. The minimum atomic E-state index is 0.247. The van der Waals surface area contributed by atoms with Gasteiger partial charge in [-0.25, -0.2) is 0 Å². The highest BCUT2D eigenvalue weighted by Gasteiger charge is 2.22. The first-order valence-electron chi connectivity index (χ1n) is 8.59. The van der Waals surface area contributed by atoms with Gasteiger partial charge in [-0.1, -0.05) is 0 Å². The molecule has 1 heterocycles. The number of likely N-dealkylation sites (tertiary alicyclic amines) is 1. The second kappa shape index (κ2) is 10.6. The molecule has 0 aliphatic carbocycles. The van der Waals surface area contributed by atoms with Crippen LogP contribution in [0.15, 0.2) is 29.2 Å². The molecule has 0 atom stereocenters. The van der Waals surface area contributed by atoms with Crippen LogP contribution < -0.4 is 10.5 Å². The zero-order valence-electron chi connectivity index (χ0n) is 14.4. The standard InChI is InChI=1S/C18H28N2O3S/c1-22-15-3-5-17(6-4-15)24-14-9-18(21)20-11-7-16(8-12-20)23-13-2-10-19/h3-6,16H,2,7-14,19H2,1H3. The van der Waals surface area contributed by atoms with E-state index in [1.807, 2.05) is 29.2 Å². The predicted octanol–water partition coefficient (Wildman–Crippen LogP) is 2.53. The molecule has 1 aliphatic rings. The molecule has 134 valence electrons. The molecule has 2 rings (SSSR count). The third-order valence-corrected chi connectivity index (χ3v) is 5.15. The van der Waals surface area contributed by atoms with Crippen molar-refractivity contribution < 1.29 is 14.3 Å². The van der Waals surface area contributed by atoms with Crippen molar-refractivity contribution in [3.8, 4) is 5.75 Å². The summed E-state index contributed by atoms with van der Waals surface area (Å²) >= 11 is 1.71. The molecule has 2 N–H and O–H groups in total. The maximum Gasteiger partial charge on any atom is 0.223 e. The Hall–Kier alpha value is -1.24. The fourth-order valence-corrected chi connectivity index (χ4v) is 3.53. The van der Waals surface area contributed by atoms with E-state index in [-0.39, 0.29) is 12.0 Å². The number of hydrogen-bond acceptors (Lipinski definition) is 5. The molecular formula is C18H28N2O3S. The van der Waals surface area contributed by atoms with E-state index >= 15 is 0 Å². The maximum atomic E-state index is 12.3. The summed E-state index contributed by atoms with van der Waals surface area (Å²) in [5, 5.41) is 0. The fourth-order valence-electron chi connectivity index (χ4n) is 2.69.